The molecule has 1 rings (SSSR count). The van der Waals surface area contributed by atoms with Crippen molar-refractivity contribution in [1.82, 2.24) is 15.1 Å². The Kier molecular flexibility index (Phi) is 4.69. The molecular formula is C13H21N3O3. The molecule has 0 aliphatic heterocycles. The van der Waals surface area contributed by atoms with Crippen LogP contribution >= 0.6 is 0 Å². The molecule has 0 saturated carbocycles. The smallest absolute Gasteiger partial charge is 0.305 e. The number of amides is 1. The van der Waals surface area contributed by atoms with Crippen LogP contribution in [0.2, 0.25) is 0 Å². The van der Waals surface area contributed by atoms with Crippen LogP contribution in [-0.2, 0) is 17.8 Å². The maximum absolute atomic E-state index is 12.2. The molecule has 106 valence electrons. The summed E-state index contributed by atoms with van der Waals surface area (Å²) in [5, 5.41) is 15.8. The number of nitrogens with one attached hydrogen (secondary N) is 1. The summed E-state index contributed by atoms with van der Waals surface area (Å²) in [5.41, 5.74) is 0.527. The van der Waals surface area contributed by atoms with E-state index in [1.54, 1.807) is 24.6 Å². The first kappa shape index (κ1) is 15.2. The predicted molar refractivity (Wildman–Crippen MR) is 71.1 cm³/mol. The van der Waals surface area contributed by atoms with Crippen LogP contribution in [0.1, 0.15) is 50.3 Å². The number of rotatable bonds is 6. The summed E-state index contributed by atoms with van der Waals surface area (Å²) in [6.45, 7) is 7.85. The number of aryl methyl sites for hydroxylation is 2. The molecule has 1 heterocycles. The van der Waals surface area contributed by atoms with E-state index >= 15 is 0 Å². The molecule has 0 radical (unpaired) electrons. The monoisotopic (exact) mass is 267 g/mol. The minimum atomic E-state index is -0.941. The van der Waals surface area contributed by atoms with Crippen molar-refractivity contribution < 1.29 is 14.7 Å². The molecule has 0 aliphatic carbocycles. The Labute approximate surface area is 112 Å². The van der Waals surface area contributed by atoms with Crippen molar-refractivity contribution in [2.45, 2.75) is 52.6 Å². The van der Waals surface area contributed by atoms with Gasteiger partial charge in [-0.15, -0.1) is 0 Å². The van der Waals surface area contributed by atoms with Gasteiger partial charge in [0.1, 0.15) is 5.69 Å². The van der Waals surface area contributed by atoms with Crippen LogP contribution in [0.15, 0.2) is 6.07 Å². The third kappa shape index (κ3) is 4.08. The average Bonchev–Trinajstić information content (AvgIpc) is 2.69. The van der Waals surface area contributed by atoms with E-state index in [0.29, 0.717) is 12.2 Å². The van der Waals surface area contributed by atoms with E-state index in [-0.39, 0.29) is 12.3 Å². The third-order valence-electron chi connectivity index (χ3n) is 2.77. The Hall–Kier alpha value is -1.85. The van der Waals surface area contributed by atoms with Gasteiger partial charge in [0.25, 0.3) is 5.91 Å². The fraction of sp³-hybridized carbons (Fsp3) is 0.615. The van der Waals surface area contributed by atoms with Crippen LogP contribution < -0.4 is 5.32 Å². The van der Waals surface area contributed by atoms with E-state index < -0.39 is 11.5 Å². The average molecular weight is 267 g/mol. The lowest BCUT2D eigenvalue weighted by molar-refractivity contribution is -0.138. The van der Waals surface area contributed by atoms with Crippen LogP contribution in [0.3, 0.4) is 0 Å². The van der Waals surface area contributed by atoms with E-state index in [9.17, 15) is 9.59 Å². The lowest BCUT2D eigenvalue weighted by Crippen LogP contribution is -2.45. The van der Waals surface area contributed by atoms with E-state index in [1.165, 1.54) is 0 Å². The van der Waals surface area contributed by atoms with Crippen molar-refractivity contribution in [3.8, 4) is 0 Å². The van der Waals surface area contributed by atoms with E-state index in [2.05, 4.69) is 10.4 Å². The second kappa shape index (κ2) is 5.86. The zero-order chi connectivity index (χ0) is 14.6. The van der Waals surface area contributed by atoms with Gasteiger partial charge in [-0.2, -0.15) is 5.10 Å². The number of carboxylic acids is 1. The van der Waals surface area contributed by atoms with Crippen molar-refractivity contribution in [3.05, 3.63) is 17.5 Å². The summed E-state index contributed by atoms with van der Waals surface area (Å²) in [6.07, 6.45) is 0.630. The number of carboxylic acid groups (broad SMARTS) is 1. The van der Waals surface area contributed by atoms with Crippen molar-refractivity contribution >= 4 is 11.9 Å². The largest absolute Gasteiger partial charge is 0.481 e. The highest BCUT2D eigenvalue weighted by molar-refractivity contribution is 5.93. The summed E-state index contributed by atoms with van der Waals surface area (Å²) < 4.78 is 1.63. The molecule has 0 bridgehead atoms. The molecule has 6 heteroatoms. The number of carbonyl (C=O) groups excluding carboxylic acids is 1. The van der Waals surface area contributed by atoms with Gasteiger partial charge in [0.05, 0.1) is 12.1 Å². The number of hydrogen-bond acceptors (Lipinski definition) is 3. The summed E-state index contributed by atoms with van der Waals surface area (Å²) >= 11 is 0. The molecule has 0 atom stereocenters. The van der Waals surface area contributed by atoms with Crippen LogP contribution in [0, 0.1) is 0 Å². The second-order valence-corrected chi connectivity index (χ2v) is 5.10. The van der Waals surface area contributed by atoms with E-state index in [0.717, 1.165) is 12.1 Å². The first-order valence-corrected chi connectivity index (χ1v) is 6.40. The summed E-state index contributed by atoms with van der Waals surface area (Å²) in [5.74, 6) is -1.23. The highest BCUT2D eigenvalue weighted by Gasteiger charge is 2.26. The number of hydrogen-bond donors (Lipinski definition) is 2. The first-order valence-electron chi connectivity index (χ1n) is 6.40. The topological polar surface area (TPSA) is 84.2 Å². The van der Waals surface area contributed by atoms with Crippen LogP contribution in [0.5, 0.6) is 0 Å². The van der Waals surface area contributed by atoms with Gasteiger partial charge in [0, 0.05) is 12.1 Å². The van der Waals surface area contributed by atoms with E-state index in [4.69, 9.17) is 5.11 Å². The summed E-state index contributed by atoms with van der Waals surface area (Å²) in [6, 6.07) is 1.75. The molecule has 0 saturated heterocycles. The second-order valence-electron chi connectivity index (χ2n) is 5.10. The maximum Gasteiger partial charge on any atom is 0.305 e. The molecule has 0 spiro atoms. The van der Waals surface area contributed by atoms with Gasteiger partial charge in [-0.25, -0.2) is 0 Å². The van der Waals surface area contributed by atoms with Gasteiger partial charge in [-0.05, 0) is 33.3 Å². The Morgan fingerprint density at radius 3 is 2.53 bits per heavy atom. The van der Waals surface area contributed by atoms with Gasteiger partial charge in [-0.3, -0.25) is 14.3 Å². The Morgan fingerprint density at radius 1 is 1.42 bits per heavy atom. The van der Waals surface area contributed by atoms with Crippen molar-refractivity contribution in [2.24, 2.45) is 0 Å². The van der Waals surface area contributed by atoms with Gasteiger partial charge >= 0.3 is 5.97 Å². The van der Waals surface area contributed by atoms with Crippen molar-refractivity contribution in [3.63, 3.8) is 0 Å². The predicted octanol–water partition coefficient (Wildman–Crippen LogP) is 1.45. The quantitative estimate of drug-likeness (QED) is 0.817. The third-order valence-corrected chi connectivity index (χ3v) is 2.77. The zero-order valence-corrected chi connectivity index (χ0v) is 11.9. The molecule has 0 unspecified atom stereocenters. The number of carbonyl (C=O) groups is 2. The normalized spacial score (nSPS) is 11.4. The van der Waals surface area contributed by atoms with Crippen LogP contribution in [0.4, 0.5) is 0 Å². The summed E-state index contributed by atoms with van der Waals surface area (Å²) in [4.78, 5) is 22.9. The van der Waals surface area contributed by atoms with E-state index in [1.807, 2.05) is 13.8 Å². The first-order chi connectivity index (χ1) is 8.79. The lowest BCUT2D eigenvalue weighted by atomic mass is 10.0. The van der Waals surface area contributed by atoms with Crippen LogP contribution in [-0.4, -0.2) is 32.3 Å². The molecule has 1 aromatic rings. The van der Waals surface area contributed by atoms with Gasteiger partial charge in [0.15, 0.2) is 0 Å². The minimum absolute atomic E-state index is 0.125. The lowest BCUT2D eigenvalue weighted by Gasteiger charge is -2.24. The molecule has 6 nitrogen and oxygen atoms in total. The molecule has 1 amide bonds. The van der Waals surface area contributed by atoms with Gasteiger partial charge in [-0.1, -0.05) is 6.92 Å². The van der Waals surface area contributed by atoms with Crippen molar-refractivity contribution in [1.29, 1.82) is 0 Å². The Morgan fingerprint density at radius 2 is 2.05 bits per heavy atom. The van der Waals surface area contributed by atoms with Crippen molar-refractivity contribution in [2.75, 3.05) is 0 Å². The number of aliphatic carboxylic acids is 1. The van der Waals surface area contributed by atoms with Crippen LogP contribution in [0.25, 0.3) is 0 Å². The van der Waals surface area contributed by atoms with Gasteiger partial charge < -0.3 is 10.4 Å². The highest BCUT2D eigenvalue weighted by Crippen LogP contribution is 2.12. The number of nitrogens with zero attached hydrogens (tertiary/aromatic N) is 2. The number of aromatic nitrogens is 2. The minimum Gasteiger partial charge on any atom is -0.481 e. The fourth-order valence-electron chi connectivity index (χ4n) is 1.86. The Bertz CT molecular complexity index is 477. The summed E-state index contributed by atoms with van der Waals surface area (Å²) in [7, 11) is 0. The molecule has 19 heavy (non-hydrogen) atoms. The SMILES string of the molecule is CCc1cc(C(=O)NC(C)(C)CC(=O)O)n(CC)n1. The fourth-order valence-corrected chi connectivity index (χ4v) is 1.86. The van der Waals surface area contributed by atoms with Gasteiger partial charge in [0.2, 0.25) is 0 Å². The molecular weight excluding hydrogens is 246 g/mol. The maximum atomic E-state index is 12.2. The highest BCUT2D eigenvalue weighted by atomic mass is 16.4. The molecule has 1 aromatic heterocycles. The molecule has 0 aromatic carbocycles. The Balaban J connectivity index is 2.88. The standard InChI is InChI=1S/C13H21N3O3/c1-5-9-7-10(16(6-2)15-9)12(19)14-13(3,4)8-11(17)18/h7H,5-6,8H2,1-4H3,(H,14,19)(H,17,18). The zero-order valence-electron chi connectivity index (χ0n) is 11.9. The molecule has 0 fully saturated rings. The molecule has 2 N–H and O–H groups in total. The molecule has 0 aliphatic rings.